The van der Waals surface area contributed by atoms with Gasteiger partial charge >= 0.3 is 6.04 Å². The number of carbonyl (C=O) groups is 1. The highest BCUT2D eigenvalue weighted by Gasteiger charge is 2.08. The summed E-state index contributed by atoms with van der Waals surface area (Å²) in [6, 6.07) is -3.03. The van der Waals surface area contributed by atoms with Crippen molar-refractivity contribution in [3.05, 3.63) is 0 Å². The van der Waals surface area contributed by atoms with E-state index in [9.17, 15) is 9.18 Å². The summed E-state index contributed by atoms with van der Waals surface area (Å²) in [5.41, 5.74) is 4.64. The molecule has 0 amide bonds. The highest BCUT2D eigenvalue weighted by molar-refractivity contribution is 5.74. The smallest absolute Gasteiger partial charge is 0.320 e. The van der Waals surface area contributed by atoms with Gasteiger partial charge in [-0.2, -0.15) is 4.39 Å². The molecule has 0 bridgehead atoms. The normalized spacial score (nSPS) is 13.6. The second-order valence-corrected chi connectivity index (χ2v) is 1.09. The van der Waals surface area contributed by atoms with E-state index in [2.05, 4.69) is 5.73 Å². The Balaban J connectivity index is 3.34. The first kappa shape index (κ1) is 6.52. The Morgan fingerprint density at radius 3 is 2.43 bits per heavy atom. The molecule has 0 saturated heterocycles. The van der Waals surface area contributed by atoms with Gasteiger partial charge in [0.25, 0.3) is 0 Å². The van der Waals surface area contributed by atoms with Crippen LogP contribution in [0.25, 0.3) is 0 Å². The molecule has 0 radical (unpaired) electrons. The van der Waals surface area contributed by atoms with Crippen LogP contribution in [0.1, 0.15) is 0 Å². The van der Waals surface area contributed by atoms with Crippen LogP contribution in [-0.4, -0.2) is 23.8 Å². The van der Waals surface area contributed by atoms with E-state index in [1.54, 1.807) is 0 Å². The lowest BCUT2D eigenvalue weighted by Crippen LogP contribution is -2.30. The maximum Gasteiger partial charge on any atom is 0.320 e. The molecule has 0 unspecified atom stereocenters. The topological polar surface area (TPSA) is 63.3 Å². The third kappa shape index (κ3) is 2.24. The zero-order chi connectivity index (χ0) is 5.86. The number of nitrogens with two attached hydrogens (primary N) is 1. The van der Waals surface area contributed by atoms with Crippen LogP contribution in [0, 0.1) is 0 Å². The molecule has 3 nitrogen and oxygen atoms in total. The summed E-state index contributed by atoms with van der Waals surface area (Å²) in [6.07, 6.45) is 0. The Morgan fingerprint density at radius 2 is 2.43 bits per heavy atom. The summed E-state index contributed by atoms with van der Waals surface area (Å²) >= 11 is 0. The Morgan fingerprint density at radius 1 is 2.00 bits per heavy atom. The van der Waals surface area contributed by atoms with E-state index < -0.39 is 18.7 Å². The van der Waals surface area contributed by atoms with Crippen molar-refractivity contribution in [3.63, 3.8) is 0 Å². The van der Waals surface area contributed by atoms with Crippen molar-refractivity contribution >= 4 is 6.04 Å². The SMILES string of the molecule is N[C@@H](CO)C(=O)F. The molecule has 0 aromatic carbocycles. The second kappa shape index (κ2) is 2.65. The minimum Gasteiger partial charge on any atom is -0.394 e. The van der Waals surface area contributed by atoms with Crippen LogP contribution in [0.2, 0.25) is 0 Å². The van der Waals surface area contributed by atoms with Gasteiger partial charge in [0.15, 0.2) is 0 Å². The average Bonchev–Trinajstić information content (AvgIpc) is 1.65. The number of rotatable bonds is 2. The van der Waals surface area contributed by atoms with Crippen molar-refractivity contribution in [2.75, 3.05) is 6.61 Å². The number of carbonyl (C=O) groups excluding carboxylic acids is 1. The molecule has 0 aliphatic carbocycles. The van der Waals surface area contributed by atoms with Gasteiger partial charge < -0.3 is 10.8 Å². The van der Waals surface area contributed by atoms with Crippen LogP contribution in [0.3, 0.4) is 0 Å². The maximum atomic E-state index is 11.2. The second-order valence-electron chi connectivity index (χ2n) is 1.09. The first-order valence-corrected chi connectivity index (χ1v) is 1.74. The van der Waals surface area contributed by atoms with Crippen molar-refractivity contribution < 1.29 is 14.3 Å². The fourth-order valence-corrected chi connectivity index (χ4v) is 0.0718. The molecule has 42 valence electrons. The van der Waals surface area contributed by atoms with Gasteiger partial charge in [0.1, 0.15) is 6.04 Å². The van der Waals surface area contributed by atoms with Gasteiger partial charge in [0.2, 0.25) is 0 Å². The molecule has 7 heavy (non-hydrogen) atoms. The number of hydrogen-bond acceptors (Lipinski definition) is 3. The third-order valence-corrected chi connectivity index (χ3v) is 0.488. The van der Waals surface area contributed by atoms with Gasteiger partial charge in [-0.3, -0.25) is 4.79 Å². The van der Waals surface area contributed by atoms with Crippen LogP contribution in [0.5, 0.6) is 0 Å². The van der Waals surface area contributed by atoms with Gasteiger partial charge in [-0.1, -0.05) is 0 Å². The summed E-state index contributed by atoms with van der Waals surface area (Å²) in [7, 11) is 0. The van der Waals surface area contributed by atoms with Gasteiger partial charge in [0.05, 0.1) is 6.61 Å². The molecule has 0 saturated carbocycles. The van der Waals surface area contributed by atoms with Crippen molar-refractivity contribution in [1.29, 1.82) is 0 Å². The zero-order valence-electron chi connectivity index (χ0n) is 3.60. The van der Waals surface area contributed by atoms with Crippen molar-refractivity contribution in [2.24, 2.45) is 5.73 Å². The van der Waals surface area contributed by atoms with Crippen LogP contribution in [-0.2, 0) is 4.79 Å². The summed E-state index contributed by atoms with van der Waals surface area (Å²) in [4.78, 5) is 9.42. The van der Waals surface area contributed by atoms with Crippen LogP contribution in [0.4, 0.5) is 4.39 Å². The summed E-state index contributed by atoms with van der Waals surface area (Å²) in [6.45, 7) is -0.630. The quantitative estimate of drug-likeness (QED) is 0.436. The van der Waals surface area contributed by atoms with E-state index in [4.69, 9.17) is 5.11 Å². The monoisotopic (exact) mass is 107 g/mol. The van der Waals surface area contributed by atoms with Crippen LogP contribution >= 0.6 is 0 Å². The molecule has 3 N–H and O–H groups in total. The van der Waals surface area contributed by atoms with Gasteiger partial charge in [0, 0.05) is 0 Å². The standard InChI is InChI=1S/C3H6FNO2/c4-3(7)2(5)1-6/h2,6H,1,5H2/t2-/m0/s1. The average molecular weight is 107 g/mol. The Kier molecular flexibility index (Phi) is 2.47. The molecule has 0 aliphatic heterocycles. The molecule has 0 heterocycles. The zero-order valence-corrected chi connectivity index (χ0v) is 3.60. The van der Waals surface area contributed by atoms with Gasteiger partial charge in [-0.25, -0.2) is 0 Å². The lowest BCUT2D eigenvalue weighted by atomic mass is 10.4. The molecule has 0 rings (SSSR count). The first-order valence-electron chi connectivity index (χ1n) is 1.74. The maximum absolute atomic E-state index is 11.2. The lowest BCUT2D eigenvalue weighted by molar-refractivity contribution is -0.131. The molecule has 4 heteroatoms. The number of aliphatic hydroxyl groups excluding tert-OH is 1. The number of hydrogen-bond donors (Lipinski definition) is 2. The minimum atomic E-state index is -1.68. The van der Waals surface area contributed by atoms with Gasteiger partial charge in [-0.15, -0.1) is 0 Å². The lowest BCUT2D eigenvalue weighted by Gasteiger charge is -1.94. The van der Waals surface area contributed by atoms with E-state index in [1.807, 2.05) is 0 Å². The Hall–Kier alpha value is -0.480. The summed E-state index contributed by atoms with van der Waals surface area (Å²) in [5, 5.41) is 7.92. The van der Waals surface area contributed by atoms with Crippen molar-refractivity contribution in [2.45, 2.75) is 6.04 Å². The third-order valence-electron chi connectivity index (χ3n) is 0.488. The Labute approximate surface area is 39.9 Å². The van der Waals surface area contributed by atoms with E-state index in [0.717, 1.165) is 0 Å². The highest BCUT2D eigenvalue weighted by Crippen LogP contribution is 1.78. The minimum absolute atomic E-state index is 0.630. The Bertz CT molecular complexity index is 75.3. The molecule has 0 aromatic rings. The molecular weight excluding hydrogens is 101 g/mol. The summed E-state index contributed by atoms with van der Waals surface area (Å²) < 4.78 is 11.2. The number of halogens is 1. The molecule has 0 aliphatic rings. The fraction of sp³-hybridized carbons (Fsp3) is 0.667. The molecule has 1 atom stereocenters. The van der Waals surface area contributed by atoms with Crippen molar-refractivity contribution in [1.82, 2.24) is 0 Å². The molecular formula is C3H6FNO2. The first-order chi connectivity index (χ1) is 3.18. The van der Waals surface area contributed by atoms with E-state index in [0.29, 0.717) is 0 Å². The largest absolute Gasteiger partial charge is 0.394 e. The molecule has 0 spiro atoms. The molecule has 0 aromatic heterocycles. The number of aliphatic hydroxyl groups is 1. The van der Waals surface area contributed by atoms with E-state index in [-0.39, 0.29) is 0 Å². The summed E-state index contributed by atoms with van der Waals surface area (Å²) in [5.74, 6) is 0. The fourth-order valence-electron chi connectivity index (χ4n) is 0.0718. The van der Waals surface area contributed by atoms with Crippen LogP contribution < -0.4 is 5.73 Å². The van der Waals surface area contributed by atoms with Gasteiger partial charge in [-0.05, 0) is 0 Å². The van der Waals surface area contributed by atoms with Crippen molar-refractivity contribution in [3.8, 4) is 0 Å². The van der Waals surface area contributed by atoms with E-state index >= 15 is 0 Å². The van der Waals surface area contributed by atoms with E-state index in [1.165, 1.54) is 0 Å². The molecule has 0 fully saturated rings. The highest BCUT2D eigenvalue weighted by atomic mass is 19.1. The van der Waals surface area contributed by atoms with Crippen LogP contribution in [0.15, 0.2) is 0 Å². The predicted molar refractivity (Wildman–Crippen MR) is 21.2 cm³/mol. The predicted octanol–water partition coefficient (Wildman–Crippen LogP) is -1.20.